The van der Waals surface area contributed by atoms with Crippen molar-refractivity contribution in [3.05, 3.63) is 62.0 Å². The molecule has 9 heteroatoms. The number of hydrogen-bond donors (Lipinski definition) is 2. The van der Waals surface area contributed by atoms with Crippen LogP contribution < -0.4 is 16.6 Å². The summed E-state index contributed by atoms with van der Waals surface area (Å²) in [4.78, 5) is 36.2. The van der Waals surface area contributed by atoms with E-state index >= 15 is 0 Å². The lowest BCUT2D eigenvalue weighted by atomic mass is 10.1. The highest BCUT2D eigenvalue weighted by Crippen LogP contribution is 2.15. The molecule has 3 N–H and O–H groups in total. The van der Waals surface area contributed by atoms with Gasteiger partial charge in [0.25, 0.3) is 5.56 Å². The number of nitrogens with two attached hydrogens (primary N) is 1. The van der Waals surface area contributed by atoms with Crippen molar-refractivity contribution in [2.75, 3.05) is 7.11 Å². The van der Waals surface area contributed by atoms with Crippen molar-refractivity contribution in [3.8, 4) is 0 Å². The van der Waals surface area contributed by atoms with Gasteiger partial charge >= 0.3 is 5.97 Å². The first kappa shape index (κ1) is 21.6. The summed E-state index contributed by atoms with van der Waals surface area (Å²) in [5, 5.41) is 7.36. The number of aromatic nitrogens is 2. The molecule has 0 aliphatic rings. The molecule has 2 rings (SSSR count). The second-order valence-corrected chi connectivity index (χ2v) is 6.67. The Balaban J connectivity index is 2.08. The van der Waals surface area contributed by atoms with Crippen molar-refractivity contribution in [1.82, 2.24) is 15.1 Å². The molecule has 0 unspecified atom stereocenters. The summed E-state index contributed by atoms with van der Waals surface area (Å²) >= 11 is 6.00. The van der Waals surface area contributed by atoms with Gasteiger partial charge in [-0.3, -0.25) is 14.4 Å². The van der Waals surface area contributed by atoms with Gasteiger partial charge in [0.1, 0.15) is 0 Å². The molecule has 0 aliphatic heterocycles. The van der Waals surface area contributed by atoms with E-state index in [-0.39, 0.29) is 31.8 Å². The Morgan fingerprint density at radius 3 is 2.75 bits per heavy atom. The van der Waals surface area contributed by atoms with E-state index in [0.717, 1.165) is 15.8 Å². The zero-order valence-electron chi connectivity index (χ0n) is 15.8. The zero-order chi connectivity index (χ0) is 20.7. The summed E-state index contributed by atoms with van der Waals surface area (Å²) in [6.07, 6.45) is 1.43. The largest absolute Gasteiger partial charge is 0.469 e. The van der Waals surface area contributed by atoms with Crippen molar-refractivity contribution in [2.45, 2.75) is 39.4 Å². The molecule has 0 spiro atoms. The number of methoxy groups -OCH3 is 1. The minimum Gasteiger partial charge on any atom is -0.469 e. The normalized spacial score (nSPS) is 10.6. The lowest BCUT2D eigenvalue weighted by Gasteiger charge is -2.12. The molecule has 2 aromatic rings. The zero-order valence-corrected chi connectivity index (χ0v) is 16.6. The maximum Gasteiger partial charge on any atom is 0.307 e. The van der Waals surface area contributed by atoms with Crippen LogP contribution in [-0.4, -0.2) is 28.8 Å². The van der Waals surface area contributed by atoms with E-state index in [4.69, 9.17) is 17.3 Å². The molecular weight excluding hydrogens is 384 g/mol. The third kappa shape index (κ3) is 5.64. The Morgan fingerprint density at radius 1 is 1.32 bits per heavy atom. The van der Waals surface area contributed by atoms with Gasteiger partial charge in [-0.2, -0.15) is 5.10 Å². The lowest BCUT2D eigenvalue weighted by molar-refractivity contribution is -0.140. The molecule has 0 saturated heterocycles. The average molecular weight is 407 g/mol. The monoisotopic (exact) mass is 406 g/mol. The lowest BCUT2D eigenvalue weighted by Crippen LogP contribution is -2.32. The molecule has 1 aromatic carbocycles. The summed E-state index contributed by atoms with van der Waals surface area (Å²) < 4.78 is 5.73. The number of rotatable bonds is 8. The molecule has 0 radical (unpaired) electrons. The number of esters is 1. The summed E-state index contributed by atoms with van der Waals surface area (Å²) in [5.41, 5.74) is 7.96. The maximum absolute atomic E-state index is 12.6. The molecule has 0 saturated carbocycles. The molecular formula is C19H23ClN4O4. The number of carbonyl (C=O) groups is 2. The first-order valence-electron chi connectivity index (χ1n) is 8.72. The Bertz CT molecular complexity index is 927. The molecule has 8 nitrogen and oxygen atoms in total. The molecule has 1 aromatic heterocycles. The van der Waals surface area contributed by atoms with Crippen LogP contribution in [0.3, 0.4) is 0 Å². The van der Waals surface area contributed by atoms with Crippen LogP contribution in [0.5, 0.6) is 0 Å². The number of nitrogens with zero attached hydrogens (tertiary/aromatic N) is 2. The number of aryl methyl sites for hydroxylation is 2. The van der Waals surface area contributed by atoms with Crippen LogP contribution in [0.4, 0.5) is 0 Å². The van der Waals surface area contributed by atoms with E-state index in [9.17, 15) is 14.4 Å². The van der Waals surface area contributed by atoms with E-state index in [1.807, 2.05) is 6.07 Å². The molecule has 0 aliphatic carbocycles. The fourth-order valence-corrected chi connectivity index (χ4v) is 2.85. The van der Waals surface area contributed by atoms with E-state index in [1.54, 1.807) is 19.1 Å². The number of halogens is 1. The minimum atomic E-state index is -0.439. The van der Waals surface area contributed by atoms with Gasteiger partial charge in [0.05, 0.1) is 32.7 Å². The van der Waals surface area contributed by atoms with E-state index in [1.165, 1.54) is 13.3 Å². The SMILES string of the molecule is COC(=O)CCn1ncc(C)c(CC(=O)NCc2cc(Cl)ccc2CN)c1=O. The fourth-order valence-electron chi connectivity index (χ4n) is 2.66. The molecule has 150 valence electrons. The van der Waals surface area contributed by atoms with Crippen molar-refractivity contribution in [2.24, 2.45) is 5.73 Å². The van der Waals surface area contributed by atoms with Crippen molar-refractivity contribution in [1.29, 1.82) is 0 Å². The summed E-state index contributed by atoms with van der Waals surface area (Å²) in [6.45, 7) is 2.39. The number of ether oxygens (including phenoxy) is 1. The van der Waals surface area contributed by atoms with Crippen LogP contribution in [0.1, 0.15) is 28.7 Å². The van der Waals surface area contributed by atoms with Crippen LogP contribution in [0.15, 0.2) is 29.2 Å². The number of carbonyl (C=O) groups excluding carboxylic acids is 2. The second kappa shape index (κ2) is 10.0. The predicted molar refractivity (Wildman–Crippen MR) is 105 cm³/mol. The maximum atomic E-state index is 12.6. The number of hydrogen-bond acceptors (Lipinski definition) is 6. The molecule has 0 atom stereocenters. The molecule has 0 fully saturated rings. The van der Waals surface area contributed by atoms with Gasteiger partial charge in [0.15, 0.2) is 0 Å². The highest BCUT2D eigenvalue weighted by atomic mass is 35.5. The van der Waals surface area contributed by atoms with Gasteiger partial charge in [-0.1, -0.05) is 17.7 Å². The Morgan fingerprint density at radius 2 is 2.07 bits per heavy atom. The van der Waals surface area contributed by atoms with Gasteiger partial charge in [-0.15, -0.1) is 0 Å². The van der Waals surface area contributed by atoms with Crippen molar-refractivity contribution < 1.29 is 14.3 Å². The molecule has 1 amide bonds. The highest BCUT2D eigenvalue weighted by molar-refractivity contribution is 6.30. The third-order valence-electron chi connectivity index (χ3n) is 4.32. The van der Waals surface area contributed by atoms with Gasteiger partial charge in [0.2, 0.25) is 5.91 Å². The van der Waals surface area contributed by atoms with Crippen LogP contribution >= 0.6 is 11.6 Å². The fraction of sp³-hybridized carbons (Fsp3) is 0.368. The second-order valence-electron chi connectivity index (χ2n) is 6.23. The van der Waals surface area contributed by atoms with Gasteiger partial charge in [-0.25, -0.2) is 4.68 Å². The molecule has 1 heterocycles. The summed E-state index contributed by atoms with van der Waals surface area (Å²) in [7, 11) is 1.28. The van der Waals surface area contributed by atoms with Gasteiger partial charge < -0.3 is 15.8 Å². The average Bonchev–Trinajstić information content (AvgIpc) is 2.68. The first-order chi connectivity index (χ1) is 13.3. The van der Waals surface area contributed by atoms with Crippen molar-refractivity contribution in [3.63, 3.8) is 0 Å². The predicted octanol–water partition coefficient (Wildman–Crippen LogP) is 1.09. The summed E-state index contributed by atoms with van der Waals surface area (Å²) in [5.74, 6) is -0.750. The Hall–Kier alpha value is -2.71. The van der Waals surface area contributed by atoms with E-state index in [0.29, 0.717) is 22.7 Å². The molecule has 28 heavy (non-hydrogen) atoms. The third-order valence-corrected chi connectivity index (χ3v) is 4.55. The quantitative estimate of drug-likeness (QED) is 0.634. The van der Waals surface area contributed by atoms with Crippen LogP contribution in [0.25, 0.3) is 0 Å². The van der Waals surface area contributed by atoms with E-state index < -0.39 is 11.5 Å². The summed E-state index contributed by atoms with van der Waals surface area (Å²) in [6, 6.07) is 5.31. The van der Waals surface area contributed by atoms with Crippen LogP contribution in [-0.2, 0) is 40.4 Å². The van der Waals surface area contributed by atoms with E-state index in [2.05, 4.69) is 15.2 Å². The first-order valence-corrected chi connectivity index (χ1v) is 9.10. The van der Waals surface area contributed by atoms with Gasteiger partial charge in [0, 0.05) is 23.7 Å². The molecule has 0 bridgehead atoms. The smallest absolute Gasteiger partial charge is 0.307 e. The van der Waals surface area contributed by atoms with Crippen molar-refractivity contribution >= 4 is 23.5 Å². The highest BCUT2D eigenvalue weighted by Gasteiger charge is 2.14. The number of nitrogens with one attached hydrogen (secondary N) is 1. The Labute approximate surface area is 167 Å². The van der Waals surface area contributed by atoms with Gasteiger partial charge in [-0.05, 0) is 35.7 Å². The standard InChI is InChI=1S/C19H23ClN4O4/c1-12-10-23-24(6-5-18(26)28-2)19(27)16(12)8-17(25)22-11-14-7-15(20)4-3-13(14)9-21/h3-4,7,10H,5-6,8-9,11,21H2,1-2H3,(H,22,25). The number of benzene rings is 1. The Kier molecular flexibility index (Phi) is 7.71. The minimum absolute atomic E-state index is 0.0226. The number of amides is 1. The van der Waals surface area contributed by atoms with Crippen LogP contribution in [0.2, 0.25) is 5.02 Å². The van der Waals surface area contributed by atoms with Crippen LogP contribution in [0, 0.1) is 6.92 Å². The topological polar surface area (TPSA) is 116 Å².